The summed E-state index contributed by atoms with van der Waals surface area (Å²) in [6.45, 7) is 3.15. The number of hydrogen-bond donors (Lipinski definition) is 2. The molecule has 1 aromatic carbocycles. The molecule has 0 spiro atoms. The van der Waals surface area contributed by atoms with Gasteiger partial charge in [-0.15, -0.1) is 0 Å². The molecule has 0 saturated heterocycles. The van der Waals surface area contributed by atoms with Gasteiger partial charge in [0.1, 0.15) is 22.8 Å². The lowest BCUT2D eigenvalue weighted by Gasteiger charge is -2.37. The molecule has 6 nitrogen and oxygen atoms in total. The van der Waals surface area contributed by atoms with E-state index in [1.165, 1.54) is 63.9 Å². The lowest BCUT2D eigenvalue weighted by atomic mass is 9.79. The van der Waals surface area contributed by atoms with Crippen molar-refractivity contribution in [2.75, 3.05) is 11.4 Å². The van der Waals surface area contributed by atoms with Crippen LogP contribution in [0.15, 0.2) is 147 Å². The summed E-state index contributed by atoms with van der Waals surface area (Å²) < 4.78 is 6.82. The van der Waals surface area contributed by atoms with Crippen LogP contribution in [0.2, 0.25) is 0 Å². The second kappa shape index (κ2) is 14.2. The molecule has 0 radical (unpaired) electrons. The van der Waals surface area contributed by atoms with Gasteiger partial charge in [-0.25, -0.2) is 9.98 Å². The molecule has 0 saturated carbocycles. The zero-order chi connectivity index (χ0) is 37.9. The molecule has 11 rings (SSSR count). The number of anilines is 1. The summed E-state index contributed by atoms with van der Waals surface area (Å²) in [7, 11) is 0. The van der Waals surface area contributed by atoms with Gasteiger partial charge in [0.25, 0.3) is 0 Å². The Balaban J connectivity index is 0.993. The third kappa shape index (κ3) is 6.14. The molecule has 6 heteroatoms. The summed E-state index contributed by atoms with van der Waals surface area (Å²) in [5.41, 5.74) is 8.99. The Labute approximate surface area is 336 Å². The fourth-order valence-corrected chi connectivity index (χ4v) is 10.9. The highest BCUT2D eigenvalue weighted by Gasteiger charge is 2.42. The van der Waals surface area contributed by atoms with Crippen LogP contribution < -0.4 is 26.2 Å². The predicted molar refractivity (Wildman–Crippen MR) is 233 cm³/mol. The smallest absolute Gasteiger partial charge is 0.150 e. The molecule has 0 fully saturated rings. The summed E-state index contributed by atoms with van der Waals surface area (Å²) in [5, 5.41) is 9.27. The van der Waals surface area contributed by atoms with Gasteiger partial charge in [0.15, 0.2) is 6.17 Å². The number of hydrogen-bond acceptors (Lipinski definition) is 6. The number of fused-ring (bicyclic) bond motifs is 6. The van der Waals surface area contributed by atoms with Crippen LogP contribution in [0.5, 0.6) is 0 Å². The van der Waals surface area contributed by atoms with E-state index in [2.05, 4.69) is 150 Å². The minimum absolute atomic E-state index is 0.187. The maximum absolute atomic E-state index is 6.82. The van der Waals surface area contributed by atoms with Gasteiger partial charge in [-0.05, 0) is 93.7 Å². The maximum atomic E-state index is 6.82. The van der Waals surface area contributed by atoms with Gasteiger partial charge in [-0.2, -0.15) is 0 Å². The van der Waals surface area contributed by atoms with Gasteiger partial charge < -0.3 is 20.0 Å². The van der Waals surface area contributed by atoms with E-state index in [9.17, 15) is 0 Å². The van der Waals surface area contributed by atoms with Gasteiger partial charge in [-0.1, -0.05) is 103 Å². The Bertz CT molecular complexity index is 2460. The van der Waals surface area contributed by atoms with E-state index in [0.717, 1.165) is 62.2 Å². The lowest BCUT2D eigenvalue weighted by molar-refractivity contribution is 0.411. The molecular weight excluding hydrogens is 699 g/mol. The van der Waals surface area contributed by atoms with Gasteiger partial charge in [-0.3, -0.25) is 0 Å². The molecule has 2 N–H and O–H groups in total. The Morgan fingerprint density at radius 3 is 2.61 bits per heavy atom. The van der Waals surface area contributed by atoms with E-state index in [0.29, 0.717) is 29.8 Å². The van der Waals surface area contributed by atoms with E-state index in [1.54, 1.807) is 0 Å². The van der Waals surface area contributed by atoms with E-state index in [1.807, 2.05) is 0 Å². The first-order chi connectivity index (χ1) is 28.1. The normalized spacial score (nSPS) is 33.2. The second-order valence-corrected chi connectivity index (χ2v) is 17.6. The average Bonchev–Trinajstić information content (AvgIpc) is 3.80. The number of aliphatic imine (C=N–C) groups is 2. The van der Waals surface area contributed by atoms with Crippen LogP contribution >= 0.6 is 0 Å². The molecule has 288 valence electrons. The molecule has 8 atom stereocenters. The Morgan fingerprint density at radius 2 is 1.79 bits per heavy atom. The third-order valence-electron chi connectivity index (χ3n) is 14.0. The Morgan fingerprint density at radius 1 is 0.895 bits per heavy atom. The number of allylic oxidation sites excluding steroid dienone is 12. The van der Waals surface area contributed by atoms with Crippen molar-refractivity contribution in [1.82, 2.24) is 10.6 Å². The van der Waals surface area contributed by atoms with Gasteiger partial charge in [0.2, 0.25) is 0 Å². The second-order valence-electron chi connectivity index (χ2n) is 17.6. The number of benzene rings is 1. The Kier molecular flexibility index (Phi) is 8.70. The monoisotopic (exact) mass is 751 g/mol. The quantitative estimate of drug-likeness (QED) is 0.292. The molecule has 1 aromatic heterocycles. The fraction of sp³-hybridized carbons (Fsp3) is 0.373. The van der Waals surface area contributed by atoms with Crippen molar-refractivity contribution in [2.45, 2.75) is 88.9 Å². The highest BCUT2D eigenvalue weighted by molar-refractivity contribution is 6.14. The van der Waals surface area contributed by atoms with Crippen LogP contribution in [-0.4, -0.2) is 36.5 Å². The number of furan rings is 1. The summed E-state index contributed by atoms with van der Waals surface area (Å²) in [5.74, 6) is 4.36. The van der Waals surface area contributed by atoms with Crippen molar-refractivity contribution in [1.29, 1.82) is 0 Å². The summed E-state index contributed by atoms with van der Waals surface area (Å²) in [6, 6.07) is 9.80. The van der Waals surface area contributed by atoms with Crippen molar-refractivity contribution in [3.63, 3.8) is 0 Å². The molecule has 6 aliphatic carbocycles. The molecule has 3 aliphatic heterocycles. The molecule has 8 unspecified atom stereocenters. The molecule has 0 bridgehead atoms. The molecule has 4 heterocycles. The first-order valence-corrected chi connectivity index (χ1v) is 21.6. The Hall–Kier alpha value is -5.36. The molecule has 2 aromatic rings. The van der Waals surface area contributed by atoms with Crippen LogP contribution in [0.3, 0.4) is 0 Å². The lowest BCUT2D eigenvalue weighted by Crippen LogP contribution is -2.48. The zero-order valence-corrected chi connectivity index (χ0v) is 33.0. The van der Waals surface area contributed by atoms with E-state index >= 15 is 0 Å². The number of nitrogens with zero attached hydrogens (tertiary/aromatic N) is 3. The third-order valence-corrected chi connectivity index (χ3v) is 14.0. The maximum Gasteiger partial charge on any atom is 0.150 e. The topological polar surface area (TPSA) is 65.2 Å². The number of rotatable bonds is 6. The van der Waals surface area contributed by atoms with Crippen LogP contribution in [0.25, 0.3) is 12.2 Å². The molecule has 57 heavy (non-hydrogen) atoms. The average molecular weight is 752 g/mol. The number of aryl methyl sites for hydroxylation is 1. The van der Waals surface area contributed by atoms with Crippen LogP contribution in [-0.2, 0) is 12.8 Å². The summed E-state index contributed by atoms with van der Waals surface area (Å²) in [6.07, 6.45) is 48.4. The first kappa shape index (κ1) is 34.9. The highest BCUT2D eigenvalue weighted by Crippen LogP contribution is 2.46. The minimum Gasteiger partial charge on any atom is -0.461 e. The van der Waals surface area contributed by atoms with Crippen molar-refractivity contribution >= 4 is 29.5 Å². The first-order valence-electron chi connectivity index (χ1n) is 21.6. The van der Waals surface area contributed by atoms with E-state index < -0.39 is 0 Å². The van der Waals surface area contributed by atoms with Gasteiger partial charge in [0.05, 0.1) is 6.04 Å². The van der Waals surface area contributed by atoms with Crippen LogP contribution in [0.4, 0.5) is 5.69 Å². The number of amidine groups is 2. The van der Waals surface area contributed by atoms with E-state index in [-0.39, 0.29) is 17.5 Å². The van der Waals surface area contributed by atoms with Crippen molar-refractivity contribution in [3.05, 3.63) is 160 Å². The fourth-order valence-electron chi connectivity index (χ4n) is 10.9. The highest BCUT2D eigenvalue weighted by atomic mass is 16.3. The zero-order valence-electron chi connectivity index (χ0n) is 33.0. The SMILES string of the molecule is CC1(C2=NC(C3C=CC=CC3)N=C(C3=C(C4CCc5oc6c(c5C4)=CC4C(C=6)c5ccccc5N4C4C=CCCC4)NCC(C4C=CC=CC4)=C3)N2)C=CC=CC1. The van der Waals surface area contributed by atoms with E-state index in [4.69, 9.17) is 14.4 Å². The van der Waals surface area contributed by atoms with Crippen molar-refractivity contribution < 1.29 is 4.42 Å². The summed E-state index contributed by atoms with van der Waals surface area (Å²) >= 11 is 0. The van der Waals surface area contributed by atoms with Gasteiger partial charge in [0, 0.05) is 75.8 Å². The summed E-state index contributed by atoms with van der Waals surface area (Å²) in [4.78, 5) is 13.6. The molecule has 9 aliphatic rings. The number of dihydropyridines is 1. The van der Waals surface area contributed by atoms with Crippen LogP contribution in [0.1, 0.15) is 74.7 Å². The molecular formula is C51H53N5O. The standard InChI is InChI=1S/C51H53N5O/c1-51(26-14-5-15-27-51)50-54-48(34-18-8-3-9-19-34)53-49(55-50)42-29-36(33-16-6-2-7-17-33)32-52-47(42)35-24-25-45-40(28-35)41-30-44-39(31-46(41)57-45)38-22-12-13-23-43(38)56(44)37-20-10-4-11-21-37/h2-3,5-10,12-16,18,20,22-23,26,29-31,33-35,37,39,44,48,52H,4,11,17,19,21,24-25,27-28,32H2,1H3,(H,53,54,55). The predicted octanol–water partition coefficient (Wildman–Crippen LogP) is 8.34. The van der Waals surface area contributed by atoms with Crippen molar-refractivity contribution in [3.8, 4) is 0 Å². The molecule has 0 amide bonds. The van der Waals surface area contributed by atoms with Crippen LogP contribution in [0, 0.1) is 23.2 Å². The minimum atomic E-state index is -0.227. The van der Waals surface area contributed by atoms with Crippen molar-refractivity contribution in [2.24, 2.45) is 33.2 Å². The number of para-hydroxylation sites is 1. The van der Waals surface area contributed by atoms with Gasteiger partial charge >= 0.3 is 0 Å². The number of nitrogens with one attached hydrogen (secondary N) is 2. The largest absolute Gasteiger partial charge is 0.461 e.